The SMILES string of the molecule is Cc1ccc(C#CCN)c(C(=O)NCC2CCCCO2)c1. The maximum Gasteiger partial charge on any atom is 0.252 e. The highest BCUT2D eigenvalue weighted by atomic mass is 16.5. The van der Waals surface area contributed by atoms with Gasteiger partial charge in [-0.15, -0.1) is 0 Å². The van der Waals surface area contributed by atoms with Crippen LogP contribution in [0.15, 0.2) is 18.2 Å². The molecule has 112 valence electrons. The quantitative estimate of drug-likeness (QED) is 0.830. The second kappa shape index (κ2) is 7.82. The van der Waals surface area contributed by atoms with Crippen LogP contribution in [0.4, 0.5) is 0 Å². The molecule has 1 fully saturated rings. The molecular formula is C17H22N2O2. The lowest BCUT2D eigenvalue weighted by Gasteiger charge is -2.22. The van der Waals surface area contributed by atoms with Gasteiger partial charge in [0.25, 0.3) is 5.91 Å². The lowest BCUT2D eigenvalue weighted by atomic mass is 10.0. The number of nitrogens with two attached hydrogens (primary N) is 1. The fraction of sp³-hybridized carbons (Fsp3) is 0.471. The summed E-state index contributed by atoms with van der Waals surface area (Å²) < 4.78 is 5.62. The van der Waals surface area contributed by atoms with Gasteiger partial charge in [0.05, 0.1) is 18.2 Å². The van der Waals surface area contributed by atoms with E-state index in [2.05, 4.69) is 17.2 Å². The number of ether oxygens (including phenoxy) is 1. The summed E-state index contributed by atoms with van der Waals surface area (Å²) in [5.41, 5.74) is 7.75. The lowest BCUT2D eigenvalue weighted by molar-refractivity contribution is 0.0169. The van der Waals surface area contributed by atoms with Crippen LogP contribution in [-0.2, 0) is 4.74 Å². The Bertz CT molecular complexity index is 552. The number of amides is 1. The highest BCUT2D eigenvalue weighted by Crippen LogP contribution is 2.13. The predicted molar refractivity (Wildman–Crippen MR) is 83.0 cm³/mol. The Morgan fingerprint density at radius 2 is 2.33 bits per heavy atom. The number of hydrogen-bond acceptors (Lipinski definition) is 3. The summed E-state index contributed by atoms with van der Waals surface area (Å²) in [5, 5.41) is 2.95. The zero-order chi connectivity index (χ0) is 15.1. The molecule has 1 amide bonds. The van der Waals surface area contributed by atoms with E-state index >= 15 is 0 Å². The molecule has 4 nitrogen and oxygen atoms in total. The molecule has 1 saturated heterocycles. The minimum absolute atomic E-state index is 0.103. The van der Waals surface area contributed by atoms with E-state index in [0.29, 0.717) is 17.7 Å². The number of aryl methyl sites for hydroxylation is 1. The smallest absolute Gasteiger partial charge is 0.252 e. The van der Waals surface area contributed by atoms with Crippen LogP contribution in [0.1, 0.15) is 40.7 Å². The van der Waals surface area contributed by atoms with Gasteiger partial charge >= 0.3 is 0 Å². The zero-order valence-corrected chi connectivity index (χ0v) is 12.4. The Kier molecular flexibility index (Phi) is 5.79. The maximum atomic E-state index is 12.4. The normalized spacial score (nSPS) is 17.7. The van der Waals surface area contributed by atoms with Crippen LogP contribution >= 0.6 is 0 Å². The van der Waals surface area contributed by atoms with Gasteiger partial charge in [0.1, 0.15) is 0 Å². The fourth-order valence-electron chi connectivity index (χ4n) is 2.37. The summed E-state index contributed by atoms with van der Waals surface area (Å²) in [6.07, 6.45) is 3.42. The van der Waals surface area contributed by atoms with E-state index in [4.69, 9.17) is 10.5 Å². The molecule has 1 aromatic carbocycles. The van der Waals surface area contributed by atoms with Gasteiger partial charge in [-0.2, -0.15) is 0 Å². The zero-order valence-electron chi connectivity index (χ0n) is 12.4. The van der Waals surface area contributed by atoms with Gasteiger partial charge in [-0.3, -0.25) is 4.79 Å². The van der Waals surface area contributed by atoms with E-state index in [9.17, 15) is 4.79 Å². The van der Waals surface area contributed by atoms with Crippen molar-refractivity contribution in [2.24, 2.45) is 5.73 Å². The van der Waals surface area contributed by atoms with Crippen LogP contribution in [0.2, 0.25) is 0 Å². The Hall–Kier alpha value is -1.83. The maximum absolute atomic E-state index is 12.4. The summed E-state index contributed by atoms with van der Waals surface area (Å²) in [7, 11) is 0. The van der Waals surface area contributed by atoms with Crippen molar-refractivity contribution in [1.82, 2.24) is 5.32 Å². The minimum atomic E-state index is -0.103. The molecule has 1 atom stereocenters. The molecule has 21 heavy (non-hydrogen) atoms. The average molecular weight is 286 g/mol. The molecule has 1 unspecified atom stereocenters. The molecule has 1 aliphatic heterocycles. The van der Waals surface area contributed by atoms with E-state index in [-0.39, 0.29) is 18.6 Å². The standard InChI is InChI=1S/C17H22N2O2/c1-13-7-8-14(5-4-9-18)16(11-13)17(20)19-12-15-6-2-3-10-21-15/h7-8,11,15H,2-3,6,9-10,12,18H2,1H3,(H,19,20). The Balaban J connectivity index is 2.04. The van der Waals surface area contributed by atoms with Gasteiger partial charge in [-0.25, -0.2) is 0 Å². The van der Waals surface area contributed by atoms with Gasteiger partial charge in [0.15, 0.2) is 0 Å². The molecule has 2 rings (SSSR count). The summed E-state index contributed by atoms with van der Waals surface area (Å²) >= 11 is 0. The van der Waals surface area contributed by atoms with Crippen molar-refractivity contribution < 1.29 is 9.53 Å². The first-order valence-electron chi connectivity index (χ1n) is 7.40. The van der Waals surface area contributed by atoms with Crippen molar-refractivity contribution >= 4 is 5.91 Å². The number of carbonyl (C=O) groups is 1. The number of hydrogen-bond donors (Lipinski definition) is 2. The first-order chi connectivity index (χ1) is 10.2. The monoisotopic (exact) mass is 286 g/mol. The third-order valence-corrected chi connectivity index (χ3v) is 3.51. The third kappa shape index (κ3) is 4.59. The van der Waals surface area contributed by atoms with E-state index in [0.717, 1.165) is 31.4 Å². The van der Waals surface area contributed by atoms with Crippen molar-refractivity contribution in [3.63, 3.8) is 0 Å². The van der Waals surface area contributed by atoms with Crippen molar-refractivity contribution in [2.45, 2.75) is 32.3 Å². The fourth-order valence-corrected chi connectivity index (χ4v) is 2.37. The highest BCUT2D eigenvalue weighted by molar-refractivity contribution is 5.97. The van der Waals surface area contributed by atoms with Crippen molar-refractivity contribution in [2.75, 3.05) is 19.7 Å². The lowest BCUT2D eigenvalue weighted by Crippen LogP contribution is -2.35. The van der Waals surface area contributed by atoms with Crippen LogP contribution in [0, 0.1) is 18.8 Å². The third-order valence-electron chi connectivity index (χ3n) is 3.51. The molecule has 0 aliphatic carbocycles. The molecule has 0 bridgehead atoms. The number of nitrogens with one attached hydrogen (secondary N) is 1. The van der Waals surface area contributed by atoms with Crippen LogP contribution in [-0.4, -0.2) is 31.7 Å². The summed E-state index contributed by atoms with van der Waals surface area (Å²) in [6, 6.07) is 5.67. The second-order valence-electron chi connectivity index (χ2n) is 5.25. The number of benzene rings is 1. The molecule has 4 heteroatoms. The summed E-state index contributed by atoms with van der Waals surface area (Å²) in [6.45, 7) is 3.58. The minimum Gasteiger partial charge on any atom is -0.376 e. The number of rotatable bonds is 3. The summed E-state index contributed by atoms with van der Waals surface area (Å²) in [5.74, 6) is 5.65. The van der Waals surface area contributed by atoms with E-state index in [1.165, 1.54) is 0 Å². The second-order valence-corrected chi connectivity index (χ2v) is 5.25. The Morgan fingerprint density at radius 1 is 1.48 bits per heavy atom. The Labute approximate surface area is 126 Å². The molecular weight excluding hydrogens is 264 g/mol. The van der Waals surface area contributed by atoms with Crippen molar-refractivity contribution in [3.8, 4) is 11.8 Å². The molecule has 0 radical (unpaired) electrons. The average Bonchev–Trinajstić information content (AvgIpc) is 2.52. The van der Waals surface area contributed by atoms with Crippen LogP contribution in [0.25, 0.3) is 0 Å². The van der Waals surface area contributed by atoms with Gasteiger partial charge < -0.3 is 15.8 Å². The van der Waals surface area contributed by atoms with Gasteiger partial charge in [0, 0.05) is 18.7 Å². The predicted octanol–water partition coefficient (Wildman–Crippen LogP) is 1.60. The van der Waals surface area contributed by atoms with Crippen molar-refractivity contribution in [1.29, 1.82) is 0 Å². The first-order valence-corrected chi connectivity index (χ1v) is 7.40. The first kappa shape index (κ1) is 15.6. The molecule has 0 saturated carbocycles. The molecule has 0 aromatic heterocycles. The van der Waals surface area contributed by atoms with E-state index < -0.39 is 0 Å². The van der Waals surface area contributed by atoms with E-state index in [1.54, 1.807) is 0 Å². The van der Waals surface area contributed by atoms with Gasteiger partial charge in [-0.05, 0) is 38.3 Å². The highest BCUT2D eigenvalue weighted by Gasteiger charge is 2.16. The summed E-state index contributed by atoms with van der Waals surface area (Å²) in [4.78, 5) is 12.4. The molecule has 1 aliphatic rings. The van der Waals surface area contributed by atoms with Gasteiger partial charge in [0.2, 0.25) is 0 Å². The van der Waals surface area contributed by atoms with Crippen LogP contribution < -0.4 is 11.1 Å². The Morgan fingerprint density at radius 3 is 3.05 bits per heavy atom. The molecule has 1 aromatic rings. The molecule has 1 heterocycles. The van der Waals surface area contributed by atoms with Gasteiger partial charge in [-0.1, -0.05) is 23.5 Å². The molecule has 0 spiro atoms. The van der Waals surface area contributed by atoms with E-state index in [1.807, 2.05) is 25.1 Å². The van der Waals surface area contributed by atoms with Crippen molar-refractivity contribution in [3.05, 3.63) is 34.9 Å². The topological polar surface area (TPSA) is 64.4 Å². The number of carbonyl (C=O) groups excluding carboxylic acids is 1. The largest absolute Gasteiger partial charge is 0.376 e. The molecule has 3 N–H and O–H groups in total. The van der Waals surface area contributed by atoms with Crippen LogP contribution in [0.5, 0.6) is 0 Å². The van der Waals surface area contributed by atoms with Crippen LogP contribution in [0.3, 0.4) is 0 Å².